The fourth-order valence-electron chi connectivity index (χ4n) is 1.72. The van der Waals surface area contributed by atoms with E-state index in [0.717, 1.165) is 17.7 Å². The van der Waals surface area contributed by atoms with Crippen molar-refractivity contribution in [2.75, 3.05) is 5.32 Å². The van der Waals surface area contributed by atoms with Gasteiger partial charge in [0, 0.05) is 17.6 Å². The second-order valence-electron chi connectivity index (χ2n) is 4.29. The minimum Gasteiger partial charge on any atom is -0.326 e. The summed E-state index contributed by atoms with van der Waals surface area (Å²) in [6.45, 7) is 0. The number of carbonyl (C=O) groups excluding carboxylic acids is 1. The molecule has 0 aliphatic rings. The maximum Gasteiger partial charge on any atom is 0.228 e. The Morgan fingerprint density at radius 3 is 2.40 bits per heavy atom. The zero-order valence-electron chi connectivity index (χ0n) is 10.5. The zero-order chi connectivity index (χ0) is 14.5. The van der Waals surface area contributed by atoms with E-state index in [2.05, 4.69) is 5.32 Å². The van der Waals surface area contributed by atoms with Gasteiger partial charge < -0.3 is 5.32 Å². The third-order valence-corrected chi connectivity index (χ3v) is 3.07. The van der Waals surface area contributed by atoms with E-state index in [1.807, 2.05) is 0 Å². The number of halogens is 3. The highest BCUT2D eigenvalue weighted by atomic mass is 35.5. The van der Waals surface area contributed by atoms with Crippen molar-refractivity contribution in [1.82, 2.24) is 0 Å². The van der Waals surface area contributed by atoms with Gasteiger partial charge in [-0.2, -0.15) is 0 Å². The Hall–Kier alpha value is -1.94. The summed E-state index contributed by atoms with van der Waals surface area (Å²) >= 11 is 5.66. The van der Waals surface area contributed by atoms with Crippen LogP contribution in [0.3, 0.4) is 0 Å². The molecule has 5 heteroatoms. The van der Waals surface area contributed by atoms with Crippen LogP contribution in [0.1, 0.15) is 11.1 Å². The lowest BCUT2D eigenvalue weighted by atomic mass is 10.1. The summed E-state index contributed by atoms with van der Waals surface area (Å²) in [6, 6.07) is 10.2. The molecule has 0 aliphatic carbocycles. The first kappa shape index (κ1) is 14.5. The van der Waals surface area contributed by atoms with Crippen molar-refractivity contribution >= 4 is 23.2 Å². The van der Waals surface area contributed by atoms with Crippen LogP contribution in [0.4, 0.5) is 14.5 Å². The number of alkyl halides is 1. The highest BCUT2D eigenvalue weighted by molar-refractivity contribution is 6.17. The molecule has 2 rings (SSSR count). The molecule has 1 N–H and O–H groups in total. The van der Waals surface area contributed by atoms with Crippen molar-refractivity contribution in [2.24, 2.45) is 0 Å². The minimum absolute atomic E-state index is 0.149. The number of rotatable bonds is 4. The summed E-state index contributed by atoms with van der Waals surface area (Å²) in [5.74, 6) is -1.36. The molecule has 0 saturated heterocycles. The second kappa shape index (κ2) is 6.48. The summed E-state index contributed by atoms with van der Waals surface area (Å²) in [5.41, 5.74) is 1.70. The Kier molecular flexibility index (Phi) is 4.69. The van der Waals surface area contributed by atoms with Gasteiger partial charge in [0.2, 0.25) is 5.91 Å². The Balaban J connectivity index is 2.01. The van der Waals surface area contributed by atoms with E-state index < -0.39 is 11.6 Å². The van der Waals surface area contributed by atoms with Crippen LogP contribution in [0.15, 0.2) is 42.5 Å². The number of anilines is 1. The first-order chi connectivity index (χ1) is 9.58. The number of benzene rings is 2. The van der Waals surface area contributed by atoms with Crippen LogP contribution in [0.5, 0.6) is 0 Å². The summed E-state index contributed by atoms with van der Waals surface area (Å²) in [4.78, 5) is 11.8. The first-order valence-corrected chi connectivity index (χ1v) is 6.50. The molecule has 2 aromatic carbocycles. The van der Waals surface area contributed by atoms with Gasteiger partial charge in [0.25, 0.3) is 0 Å². The maximum atomic E-state index is 13.4. The average molecular weight is 296 g/mol. The van der Waals surface area contributed by atoms with Gasteiger partial charge in [0.15, 0.2) is 0 Å². The van der Waals surface area contributed by atoms with Crippen molar-refractivity contribution in [1.29, 1.82) is 0 Å². The quantitative estimate of drug-likeness (QED) is 0.852. The largest absolute Gasteiger partial charge is 0.326 e. The highest BCUT2D eigenvalue weighted by Gasteiger charge is 2.09. The number of hydrogen-bond donors (Lipinski definition) is 1. The third kappa shape index (κ3) is 3.78. The molecule has 0 unspecified atom stereocenters. The molecule has 0 aromatic heterocycles. The van der Waals surface area contributed by atoms with Gasteiger partial charge in [0.1, 0.15) is 11.6 Å². The van der Waals surface area contributed by atoms with Gasteiger partial charge in [-0.25, -0.2) is 8.78 Å². The Labute approximate surface area is 120 Å². The molecule has 0 fully saturated rings. The van der Waals surface area contributed by atoms with Gasteiger partial charge in [-0.3, -0.25) is 4.79 Å². The van der Waals surface area contributed by atoms with E-state index >= 15 is 0 Å². The van der Waals surface area contributed by atoms with Gasteiger partial charge >= 0.3 is 0 Å². The lowest BCUT2D eigenvalue weighted by Crippen LogP contribution is -2.15. The predicted molar refractivity (Wildman–Crippen MR) is 74.7 cm³/mol. The normalized spacial score (nSPS) is 10.3. The molecule has 0 bridgehead atoms. The smallest absolute Gasteiger partial charge is 0.228 e. The van der Waals surface area contributed by atoms with Crippen LogP contribution in [0.25, 0.3) is 0 Å². The monoisotopic (exact) mass is 295 g/mol. The Morgan fingerprint density at radius 2 is 1.80 bits per heavy atom. The maximum absolute atomic E-state index is 13.4. The Bertz CT molecular complexity index is 614. The summed E-state index contributed by atoms with van der Waals surface area (Å²) in [6.07, 6.45) is -0.149. The molecular formula is C15H12ClF2NO. The molecule has 104 valence electrons. The van der Waals surface area contributed by atoms with Crippen LogP contribution >= 0.6 is 11.6 Å². The zero-order valence-corrected chi connectivity index (χ0v) is 11.3. The standard InChI is InChI=1S/C15H12ClF2NO/c16-9-10-1-5-13(6-2-10)19-15(20)7-11-3-4-12(17)8-14(11)18/h1-6,8H,7,9H2,(H,19,20). The number of hydrogen-bond acceptors (Lipinski definition) is 1. The lowest BCUT2D eigenvalue weighted by Gasteiger charge is -2.07. The SMILES string of the molecule is O=C(Cc1ccc(F)cc1F)Nc1ccc(CCl)cc1. The lowest BCUT2D eigenvalue weighted by molar-refractivity contribution is -0.115. The summed E-state index contributed by atoms with van der Waals surface area (Å²) in [5, 5.41) is 2.64. The Morgan fingerprint density at radius 1 is 1.10 bits per heavy atom. The molecule has 0 atom stereocenters. The van der Waals surface area contributed by atoms with Gasteiger partial charge in [0.05, 0.1) is 6.42 Å². The van der Waals surface area contributed by atoms with Crippen molar-refractivity contribution in [3.63, 3.8) is 0 Å². The van der Waals surface area contributed by atoms with Gasteiger partial charge in [-0.15, -0.1) is 11.6 Å². The number of nitrogens with one attached hydrogen (secondary N) is 1. The van der Waals surface area contributed by atoms with Crippen molar-refractivity contribution in [3.05, 3.63) is 65.2 Å². The highest BCUT2D eigenvalue weighted by Crippen LogP contribution is 2.14. The van der Waals surface area contributed by atoms with Gasteiger partial charge in [-0.1, -0.05) is 18.2 Å². The van der Waals surface area contributed by atoms with Crippen molar-refractivity contribution in [2.45, 2.75) is 12.3 Å². The minimum atomic E-state index is -0.724. The van der Waals surface area contributed by atoms with Crippen LogP contribution in [-0.4, -0.2) is 5.91 Å². The molecule has 2 nitrogen and oxygen atoms in total. The third-order valence-electron chi connectivity index (χ3n) is 2.76. The second-order valence-corrected chi connectivity index (χ2v) is 4.56. The molecule has 0 saturated carbocycles. The van der Waals surface area contributed by atoms with Crippen LogP contribution in [0, 0.1) is 11.6 Å². The fraction of sp³-hybridized carbons (Fsp3) is 0.133. The molecule has 20 heavy (non-hydrogen) atoms. The van der Waals surface area contributed by atoms with E-state index in [-0.39, 0.29) is 17.9 Å². The van der Waals surface area contributed by atoms with Crippen molar-refractivity contribution in [3.8, 4) is 0 Å². The molecule has 1 amide bonds. The van der Waals surface area contributed by atoms with Crippen LogP contribution < -0.4 is 5.32 Å². The van der Waals surface area contributed by atoms with E-state index in [0.29, 0.717) is 11.6 Å². The summed E-state index contributed by atoms with van der Waals surface area (Å²) in [7, 11) is 0. The molecule has 0 aliphatic heterocycles. The molecule has 0 heterocycles. The van der Waals surface area contributed by atoms with E-state index in [1.165, 1.54) is 6.07 Å². The molecule has 2 aromatic rings. The van der Waals surface area contributed by atoms with Crippen LogP contribution in [0.2, 0.25) is 0 Å². The van der Waals surface area contributed by atoms with E-state index in [9.17, 15) is 13.6 Å². The molecular weight excluding hydrogens is 284 g/mol. The van der Waals surface area contributed by atoms with Gasteiger partial charge in [-0.05, 0) is 29.3 Å². The first-order valence-electron chi connectivity index (χ1n) is 5.97. The molecule has 0 spiro atoms. The fourth-order valence-corrected chi connectivity index (χ4v) is 1.90. The van der Waals surface area contributed by atoms with E-state index in [1.54, 1.807) is 24.3 Å². The predicted octanol–water partition coefficient (Wildman–Crippen LogP) is 3.88. The topological polar surface area (TPSA) is 29.1 Å². The summed E-state index contributed by atoms with van der Waals surface area (Å²) < 4.78 is 26.2. The van der Waals surface area contributed by atoms with E-state index in [4.69, 9.17) is 11.6 Å². The van der Waals surface area contributed by atoms with Crippen molar-refractivity contribution < 1.29 is 13.6 Å². The van der Waals surface area contributed by atoms with Crippen LogP contribution in [-0.2, 0) is 17.1 Å². The molecule has 0 radical (unpaired) electrons. The average Bonchev–Trinajstić information content (AvgIpc) is 2.43. The number of amides is 1. The number of carbonyl (C=O) groups is 1.